The average Bonchev–Trinajstić information content (AvgIpc) is 2.57. The van der Waals surface area contributed by atoms with Gasteiger partial charge in [0.05, 0.1) is 26.3 Å². The zero-order valence-electron chi connectivity index (χ0n) is 13.6. The number of hydrogen-bond acceptors (Lipinski definition) is 7. The molecule has 25 heavy (non-hydrogen) atoms. The van der Waals surface area contributed by atoms with E-state index in [1.807, 2.05) is 4.98 Å². The largest absolute Gasteiger partial charge is 0.493 e. The molecule has 1 aromatic carbocycles. The summed E-state index contributed by atoms with van der Waals surface area (Å²) in [5, 5.41) is 11.0. The molecule has 2 rings (SSSR count). The van der Waals surface area contributed by atoms with Crippen LogP contribution < -0.4 is 25.5 Å². The van der Waals surface area contributed by atoms with Crippen molar-refractivity contribution in [2.45, 2.75) is 0 Å². The van der Waals surface area contributed by atoms with Crippen LogP contribution in [0.2, 0.25) is 0 Å². The minimum Gasteiger partial charge on any atom is -0.493 e. The molecule has 0 unspecified atom stereocenters. The zero-order valence-corrected chi connectivity index (χ0v) is 13.6. The first-order chi connectivity index (χ1) is 11.9. The van der Waals surface area contributed by atoms with Crippen LogP contribution in [-0.2, 0) is 0 Å². The highest BCUT2D eigenvalue weighted by Crippen LogP contribution is 2.38. The van der Waals surface area contributed by atoms with Gasteiger partial charge in [-0.05, 0) is 23.8 Å². The third-order valence-corrected chi connectivity index (χ3v) is 3.26. The summed E-state index contributed by atoms with van der Waals surface area (Å²) in [6.07, 6.45) is 2.71. The van der Waals surface area contributed by atoms with Crippen LogP contribution in [0.5, 0.6) is 17.2 Å². The fourth-order valence-electron chi connectivity index (χ4n) is 2.18. The topological polar surface area (TPSA) is 137 Å². The number of hydrogen-bond donors (Lipinski definition) is 2. The molecule has 1 aromatic heterocycles. The van der Waals surface area contributed by atoms with Gasteiger partial charge < -0.3 is 19.2 Å². The number of rotatable bonds is 6. The van der Waals surface area contributed by atoms with Gasteiger partial charge in [-0.25, -0.2) is 4.79 Å². The molecule has 132 valence electrons. The smallest absolute Gasteiger partial charge is 0.357 e. The van der Waals surface area contributed by atoms with E-state index in [4.69, 9.17) is 14.2 Å². The predicted molar refractivity (Wildman–Crippen MR) is 89.4 cm³/mol. The van der Waals surface area contributed by atoms with E-state index in [9.17, 15) is 19.7 Å². The normalized spacial score (nSPS) is 10.7. The van der Waals surface area contributed by atoms with Crippen LogP contribution in [-0.4, -0.2) is 36.2 Å². The van der Waals surface area contributed by atoms with Crippen molar-refractivity contribution in [2.24, 2.45) is 0 Å². The van der Waals surface area contributed by atoms with Gasteiger partial charge in [0.15, 0.2) is 11.5 Å². The molecule has 0 fully saturated rings. The van der Waals surface area contributed by atoms with Crippen molar-refractivity contribution in [3.8, 4) is 17.2 Å². The van der Waals surface area contributed by atoms with Crippen molar-refractivity contribution in [1.29, 1.82) is 0 Å². The molecule has 0 amide bonds. The van der Waals surface area contributed by atoms with Gasteiger partial charge in [-0.15, -0.1) is 0 Å². The number of benzene rings is 1. The van der Waals surface area contributed by atoms with Crippen molar-refractivity contribution in [1.82, 2.24) is 9.97 Å². The number of nitro groups is 1. The number of aromatic nitrogens is 2. The number of ether oxygens (including phenoxy) is 3. The quantitative estimate of drug-likeness (QED) is 0.590. The molecular weight excluding hydrogens is 334 g/mol. The number of methoxy groups -OCH3 is 3. The Labute approximate surface area is 140 Å². The first kappa shape index (κ1) is 17.8. The number of nitrogens with one attached hydrogen (secondary N) is 2. The fourth-order valence-corrected chi connectivity index (χ4v) is 2.18. The van der Waals surface area contributed by atoms with E-state index in [1.165, 1.54) is 33.5 Å². The summed E-state index contributed by atoms with van der Waals surface area (Å²) < 4.78 is 15.6. The third-order valence-electron chi connectivity index (χ3n) is 3.26. The maximum atomic E-state index is 11.6. The van der Waals surface area contributed by atoms with E-state index in [0.29, 0.717) is 22.8 Å². The molecule has 2 aromatic rings. The van der Waals surface area contributed by atoms with Gasteiger partial charge in [0.2, 0.25) is 5.75 Å². The number of H-pyrrole nitrogens is 2. The molecule has 0 saturated carbocycles. The maximum absolute atomic E-state index is 11.6. The Morgan fingerprint density at radius 3 is 2.08 bits per heavy atom. The average molecular weight is 349 g/mol. The van der Waals surface area contributed by atoms with Gasteiger partial charge >= 0.3 is 16.9 Å². The Kier molecular flexibility index (Phi) is 5.22. The summed E-state index contributed by atoms with van der Waals surface area (Å²) in [6.45, 7) is 0. The van der Waals surface area contributed by atoms with Gasteiger partial charge in [-0.3, -0.25) is 19.9 Å². The van der Waals surface area contributed by atoms with Crippen molar-refractivity contribution in [2.75, 3.05) is 21.3 Å². The van der Waals surface area contributed by atoms with Crippen molar-refractivity contribution in [3.05, 3.63) is 54.3 Å². The molecule has 0 aliphatic rings. The van der Waals surface area contributed by atoms with E-state index in [0.717, 1.165) is 0 Å². The Morgan fingerprint density at radius 1 is 1.00 bits per heavy atom. The molecular formula is C15H15N3O7. The molecule has 0 radical (unpaired) electrons. The second kappa shape index (κ2) is 7.34. The molecule has 0 aliphatic heterocycles. The molecule has 0 aliphatic carbocycles. The first-order valence-corrected chi connectivity index (χ1v) is 6.90. The lowest BCUT2D eigenvalue weighted by molar-refractivity contribution is -0.386. The van der Waals surface area contributed by atoms with Crippen molar-refractivity contribution >= 4 is 17.8 Å². The lowest BCUT2D eigenvalue weighted by atomic mass is 10.1. The maximum Gasteiger partial charge on any atom is 0.357 e. The molecule has 0 spiro atoms. The van der Waals surface area contributed by atoms with E-state index >= 15 is 0 Å². The Balaban J connectivity index is 2.55. The second-order valence-electron chi connectivity index (χ2n) is 4.72. The molecule has 0 atom stereocenters. The van der Waals surface area contributed by atoms with Crippen LogP contribution in [0.4, 0.5) is 5.69 Å². The number of nitrogens with zero attached hydrogens (tertiary/aromatic N) is 1. The monoisotopic (exact) mass is 349 g/mol. The van der Waals surface area contributed by atoms with Crippen LogP contribution in [0.1, 0.15) is 11.3 Å². The van der Waals surface area contributed by atoms with Crippen molar-refractivity contribution < 1.29 is 19.1 Å². The van der Waals surface area contributed by atoms with E-state index in [-0.39, 0.29) is 5.69 Å². The summed E-state index contributed by atoms with van der Waals surface area (Å²) in [7, 11) is 4.36. The van der Waals surface area contributed by atoms with E-state index in [2.05, 4.69) is 4.98 Å². The first-order valence-electron chi connectivity index (χ1n) is 6.90. The predicted octanol–water partition coefficient (Wildman–Crippen LogP) is 1.17. The van der Waals surface area contributed by atoms with Crippen LogP contribution in [0.3, 0.4) is 0 Å². The highest BCUT2D eigenvalue weighted by Gasteiger charge is 2.19. The van der Waals surface area contributed by atoms with E-state index < -0.39 is 21.9 Å². The SMILES string of the molecule is COc1cc(C=Cc2[nH]c(=O)[nH]c(=O)c2[N+](=O)[O-])cc(OC)c1OC. The van der Waals surface area contributed by atoms with Gasteiger partial charge in [-0.1, -0.05) is 6.08 Å². The van der Waals surface area contributed by atoms with Crippen LogP contribution in [0, 0.1) is 10.1 Å². The van der Waals surface area contributed by atoms with Gasteiger partial charge in [0.25, 0.3) is 0 Å². The van der Waals surface area contributed by atoms with Crippen LogP contribution in [0.15, 0.2) is 21.7 Å². The summed E-state index contributed by atoms with van der Waals surface area (Å²) in [4.78, 5) is 37.1. The highest BCUT2D eigenvalue weighted by atomic mass is 16.6. The molecule has 1 heterocycles. The molecule has 0 bridgehead atoms. The van der Waals surface area contributed by atoms with Crippen molar-refractivity contribution in [3.63, 3.8) is 0 Å². The van der Waals surface area contributed by atoms with Gasteiger partial charge in [0.1, 0.15) is 5.69 Å². The lowest BCUT2D eigenvalue weighted by Crippen LogP contribution is -2.25. The van der Waals surface area contributed by atoms with Gasteiger partial charge in [-0.2, -0.15) is 0 Å². The zero-order chi connectivity index (χ0) is 18.6. The Bertz CT molecular complexity index is 918. The Hall–Kier alpha value is -3.56. The number of aromatic amines is 2. The third kappa shape index (κ3) is 3.68. The molecule has 10 heteroatoms. The highest BCUT2D eigenvalue weighted by molar-refractivity contribution is 5.74. The molecule has 0 saturated heterocycles. The summed E-state index contributed by atoms with van der Waals surface area (Å²) >= 11 is 0. The summed E-state index contributed by atoms with van der Waals surface area (Å²) in [5.41, 5.74) is -2.38. The molecule has 2 N–H and O–H groups in total. The second-order valence-corrected chi connectivity index (χ2v) is 4.72. The van der Waals surface area contributed by atoms with Crippen LogP contribution >= 0.6 is 0 Å². The lowest BCUT2D eigenvalue weighted by Gasteiger charge is -2.12. The fraction of sp³-hybridized carbons (Fsp3) is 0.200. The minimum atomic E-state index is -1.08. The van der Waals surface area contributed by atoms with Crippen LogP contribution in [0.25, 0.3) is 12.2 Å². The van der Waals surface area contributed by atoms with Gasteiger partial charge in [0, 0.05) is 0 Å². The summed E-state index contributed by atoms with van der Waals surface area (Å²) in [6, 6.07) is 3.21. The molecule has 10 nitrogen and oxygen atoms in total. The summed E-state index contributed by atoms with van der Waals surface area (Å²) in [5.74, 6) is 1.16. The standard InChI is InChI=1S/C15H15N3O7/c1-23-10-6-8(7-11(24-2)13(10)25-3)4-5-9-12(18(21)22)14(19)17-15(20)16-9/h4-7H,1-3H3,(H2,16,17,19,20). The minimum absolute atomic E-state index is 0.229. The Morgan fingerprint density at radius 2 is 1.60 bits per heavy atom. The van der Waals surface area contributed by atoms with E-state index in [1.54, 1.807) is 12.1 Å².